The van der Waals surface area contributed by atoms with Crippen LogP contribution in [0.2, 0.25) is 0 Å². The zero-order valence-electron chi connectivity index (χ0n) is 13.7. The van der Waals surface area contributed by atoms with Crippen molar-refractivity contribution in [2.45, 2.75) is 53.1 Å². The molecule has 1 aromatic rings. The normalized spacial score (nSPS) is 28.4. The molecule has 1 aliphatic carbocycles. The third-order valence-corrected chi connectivity index (χ3v) is 6.14. The van der Waals surface area contributed by atoms with E-state index < -0.39 is 0 Å². The van der Waals surface area contributed by atoms with E-state index in [2.05, 4.69) is 25.8 Å². The van der Waals surface area contributed by atoms with Gasteiger partial charge in [0.05, 0.1) is 11.6 Å². The molecule has 1 aromatic heterocycles. The first-order valence-electron chi connectivity index (χ1n) is 7.65. The van der Waals surface area contributed by atoms with Crippen LogP contribution in [0.3, 0.4) is 0 Å². The molecule has 5 heteroatoms. The smallest absolute Gasteiger partial charge is 0.226 e. The Kier molecular flexibility index (Phi) is 4.73. The van der Waals surface area contributed by atoms with E-state index >= 15 is 0 Å². The van der Waals surface area contributed by atoms with Crippen molar-refractivity contribution in [1.29, 1.82) is 0 Å². The Morgan fingerprint density at radius 3 is 2.76 bits per heavy atom. The molecule has 0 aliphatic heterocycles. The molecule has 0 aromatic carbocycles. The largest absolute Gasteiger partial charge is 0.340 e. The van der Waals surface area contributed by atoms with Gasteiger partial charge in [0.1, 0.15) is 0 Å². The Morgan fingerprint density at radius 1 is 1.52 bits per heavy atom. The van der Waals surface area contributed by atoms with Gasteiger partial charge in [0.2, 0.25) is 5.91 Å². The highest BCUT2D eigenvalue weighted by Crippen LogP contribution is 2.45. The van der Waals surface area contributed by atoms with Crippen LogP contribution < -0.4 is 5.73 Å². The van der Waals surface area contributed by atoms with Crippen LogP contribution in [0.4, 0.5) is 0 Å². The summed E-state index contributed by atoms with van der Waals surface area (Å²) in [4.78, 5) is 20.1. The van der Waals surface area contributed by atoms with Gasteiger partial charge in [0, 0.05) is 30.1 Å². The molecule has 3 atom stereocenters. The number of hydrogen-bond donors (Lipinski definition) is 1. The van der Waals surface area contributed by atoms with Gasteiger partial charge in [-0.3, -0.25) is 4.79 Å². The fourth-order valence-corrected chi connectivity index (χ4v) is 4.20. The molecule has 0 bridgehead atoms. The molecule has 2 N–H and O–H groups in total. The van der Waals surface area contributed by atoms with E-state index in [0.717, 1.165) is 22.7 Å². The Morgan fingerprint density at radius 2 is 2.19 bits per heavy atom. The summed E-state index contributed by atoms with van der Waals surface area (Å²) >= 11 is 1.66. The van der Waals surface area contributed by atoms with Crippen molar-refractivity contribution in [3.63, 3.8) is 0 Å². The van der Waals surface area contributed by atoms with Crippen LogP contribution in [-0.2, 0) is 11.3 Å². The number of aryl methyl sites for hydroxylation is 1. The summed E-state index contributed by atoms with van der Waals surface area (Å²) in [6.45, 7) is 9.19. The maximum atomic E-state index is 12.8. The number of carbonyl (C=O) groups excluding carboxylic acids is 1. The highest BCUT2D eigenvalue weighted by Gasteiger charge is 2.45. The molecule has 4 nitrogen and oxygen atoms in total. The number of nitrogens with two attached hydrogens (primary N) is 1. The molecule has 0 saturated heterocycles. The van der Waals surface area contributed by atoms with Crippen LogP contribution in [0.15, 0.2) is 6.20 Å². The molecule has 118 valence electrons. The second-order valence-corrected chi connectivity index (χ2v) is 8.26. The van der Waals surface area contributed by atoms with Gasteiger partial charge < -0.3 is 10.6 Å². The van der Waals surface area contributed by atoms with Gasteiger partial charge in [0.15, 0.2) is 0 Å². The van der Waals surface area contributed by atoms with E-state index in [1.54, 1.807) is 11.3 Å². The van der Waals surface area contributed by atoms with Crippen molar-refractivity contribution in [2.24, 2.45) is 23.0 Å². The van der Waals surface area contributed by atoms with Gasteiger partial charge in [-0.15, -0.1) is 11.3 Å². The molecular weight excluding hydrogens is 282 g/mol. The van der Waals surface area contributed by atoms with Gasteiger partial charge in [-0.25, -0.2) is 4.98 Å². The first-order valence-corrected chi connectivity index (χ1v) is 8.47. The average Bonchev–Trinajstić information content (AvgIpc) is 2.81. The van der Waals surface area contributed by atoms with Crippen LogP contribution in [0, 0.1) is 24.2 Å². The highest BCUT2D eigenvalue weighted by atomic mass is 32.1. The van der Waals surface area contributed by atoms with Gasteiger partial charge in [-0.05, 0) is 31.1 Å². The van der Waals surface area contributed by atoms with Crippen LogP contribution in [-0.4, -0.2) is 28.9 Å². The molecule has 0 radical (unpaired) electrons. The number of carbonyl (C=O) groups is 1. The van der Waals surface area contributed by atoms with Crippen molar-refractivity contribution in [3.8, 4) is 0 Å². The first-order chi connectivity index (χ1) is 9.73. The standard InChI is InChI=1S/C16H27N3OS/c1-10-14(17)7-6-13(16(10,3)4)15(20)19(5)9-12-8-18-11(2)21-12/h8,10,13-14H,6-7,9,17H2,1-5H3. The van der Waals surface area contributed by atoms with E-state index in [9.17, 15) is 4.79 Å². The topological polar surface area (TPSA) is 59.2 Å². The van der Waals surface area contributed by atoms with Gasteiger partial charge in [-0.1, -0.05) is 20.8 Å². The second kappa shape index (κ2) is 6.05. The quantitative estimate of drug-likeness (QED) is 0.934. The third-order valence-electron chi connectivity index (χ3n) is 5.24. The first kappa shape index (κ1) is 16.4. The number of rotatable bonds is 3. The third kappa shape index (κ3) is 3.29. The van der Waals surface area contributed by atoms with Crippen LogP contribution in [0.5, 0.6) is 0 Å². The minimum absolute atomic E-state index is 0.0490. The fraction of sp³-hybridized carbons (Fsp3) is 0.750. The molecule has 1 aliphatic rings. The molecule has 2 rings (SSSR count). The maximum Gasteiger partial charge on any atom is 0.226 e. The van der Waals surface area contributed by atoms with Gasteiger partial charge >= 0.3 is 0 Å². The van der Waals surface area contributed by atoms with Gasteiger partial charge in [0.25, 0.3) is 0 Å². The SMILES string of the molecule is Cc1ncc(CN(C)C(=O)C2CCC(N)C(C)C2(C)C)s1. The zero-order valence-corrected chi connectivity index (χ0v) is 14.5. The van der Waals surface area contributed by atoms with Crippen molar-refractivity contribution < 1.29 is 4.79 Å². The minimum Gasteiger partial charge on any atom is -0.340 e. The van der Waals surface area contributed by atoms with Gasteiger partial charge in [-0.2, -0.15) is 0 Å². The molecule has 1 amide bonds. The monoisotopic (exact) mass is 309 g/mol. The zero-order chi connectivity index (χ0) is 15.8. The number of aromatic nitrogens is 1. The summed E-state index contributed by atoms with van der Waals surface area (Å²) in [5, 5.41) is 1.04. The summed E-state index contributed by atoms with van der Waals surface area (Å²) in [6, 6.07) is 0.207. The Labute approximate surface area is 131 Å². The Balaban J connectivity index is 2.08. The summed E-state index contributed by atoms with van der Waals surface area (Å²) in [5.41, 5.74) is 6.14. The summed E-state index contributed by atoms with van der Waals surface area (Å²) < 4.78 is 0. The fourth-order valence-electron chi connectivity index (χ4n) is 3.35. The second-order valence-electron chi connectivity index (χ2n) is 6.94. The summed E-state index contributed by atoms with van der Waals surface area (Å²) in [5.74, 6) is 0.662. The lowest BCUT2D eigenvalue weighted by Crippen LogP contribution is -2.51. The molecular formula is C16H27N3OS. The van der Waals surface area contributed by atoms with E-state index in [0.29, 0.717) is 12.5 Å². The predicted octanol–water partition coefficient (Wildman–Crippen LogP) is 2.81. The maximum absolute atomic E-state index is 12.8. The predicted molar refractivity (Wildman–Crippen MR) is 87.0 cm³/mol. The molecule has 3 unspecified atom stereocenters. The van der Waals surface area contributed by atoms with Crippen molar-refractivity contribution >= 4 is 17.2 Å². The average molecular weight is 309 g/mol. The lowest BCUT2D eigenvalue weighted by Gasteiger charge is -2.47. The van der Waals surface area contributed by atoms with E-state index in [1.165, 1.54) is 0 Å². The molecule has 1 fully saturated rings. The minimum atomic E-state index is -0.0490. The van der Waals surface area contributed by atoms with Crippen molar-refractivity contribution in [1.82, 2.24) is 9.88 Å². The number of thiazole rings is 1. The Bertz CT molecular complexity index is 511. The summed E-state index contributed by atoms with van der Waals surface area (Å²) in [7, 11) is 1.90. The lowest BCUT2D eigenvalue weighted by atomic mass is 9.61. The highest BCUT2D eigenvalue weighted by molar-refractivity contribution is 7.11. The van der Waals surface area contributed by atoms with Crippen LogP contribution in [0.1, 0.15) is 43.5 Å². The van der Waals surface area contributed by atoms with Crippen molar-refractivity contribution in [2.75, 3.05) is 7.05 Å². The molecule has 1 heterocycles. The molecule has 21 heavy (non-hydrogen) atoms. The summed E-state index contributed by atoms with van der Waals surface area (Å²) in [6.07, 6.45) is 3.70. The van der Waals surface area contributed by atoms with E-state index in [4.69, 9.17) is 5.73 Å². The Hall–Kier alpha value is -0.940. The number of amides is 1. The van der Waals surface area contributed by atoms with Crippen LogP contribution >= 0.6 is 11.3 Å². The van der Waals surface area contributed by atoms with Crippen molar-refractivity contribution in [3.05, 3.63) is 16.1 Å². The number of hydrogen-bond acceptors (Lipinski definition) is 4. The molecule has 0 spiro atoms. The van der Waals surface area contributed by atoms with E-state index in [1.807, 2.05) is 25.1 Å². The van der Waals surface area contributed by atoms with E-state index in [-0.39, 0.29) is 23.3 Å². The lowest BCUT2D eigenvalue weighted by molar-refractivity contribution is -0.142. The molecule has 1 saturated carbocycles. The van der Waals surface area contributed by atoms with Crippen LogP contribution in [0.25, 0.3) is 0 Å². The number of nitrogens with zero attached hydrogens (tertiary/aromatic N) is 2.